The maximum absolute atomic E-state index is 12.6. The number of ether oxygens (including phenoxy) is 2. The van der Waals surface area contributed by atoms with E-state index in [4.69, 9.17) is 24.4 Å². The number of piperidine rings is 4. The Labute approximate surface area is 434 Å². The number of pyridine rings is 2. The standard InChI is InChI=1S/C29H39N5O2.C19H22N4.C11H21NO2/c1-20-10-9-17-30-26(20)24-13-8-14-25(32(24)5)27-31-22-11-6-7-12-23(22)34(27)21-15-18-33(19-16-21)28(35)36-29(2,3)4;1-13-7-6-12-20-18(13)16-10-5-11-17(23(16)2)19-21-14-8-3-4-9-15(14)22-19;1-9-5-7-12(8-6-9)10(13)14-11(2,3)4/h6-7,9-12,17,21,24-25H,8,13-16,18-19H2,1-5H3;3-4,6-9,12,16-17H,5,10-11H2,1-2H3,(H,21,22);9H,5-8H2,1-4H3/t24-,25+;16-,17+;/m00./s1. The number of nitrogens with one attached hydrogen (secondary N) is 1. The molecular formula is C59H82N10O4. The molecule has 0 bridgehead atoms. The van der Waals surface area contributed by atoms with Gasteiger partial charge in [0.25, 0.3) is 0 Å². The van der Waals surface area contributed by atoms with Crippen molar-refractivity contribution in [2.45, 2.75) is 168 Å². The lowest BCUT2D eigenvalue weighted by molar-refractivity contribution is 0.0177. The number of nitrogens with zero attached hydrogens (tertiary/aromatic N) is 9. The monoisotopic (exact) mass is 995 g/mol. The average molecular weight is 995 g/mol. The molecule has 0 saturated carbocycles. The minimum Gasteiger partial charge on any atom is -0.444 e. The van der Waals surface area contributed by atoms with Crippen molar-refractivity contribution >= 4 is 34.3 Å². The number of hydrogen-bond acceptors (Lipinski definition) is 10. The summed E-state index contributed by atoms with van der Waals surface area (Å²) >= 11 is 0. The summed E-state index contributed by atoms with van der Waals surface area (Å²) in [6, 6.07) is 26.6. The van der Waals surface area contributed by atoms with Gasteiger partial charge in [-0.25, -0.2) is 19.6 Å². The minimum absolute atomic E-state index is 0.163. The van der Waals surface area contributed by atoms with Crippen LogP contribution in [0.1, 0.15) is 177 Å². The first-order chi connectivity index (χ1) is 34.8. The molecule has 6 aromatic rings. The second-order valence-electron chi connectivity index (χ2n) is 23.0. The van der Waals surface area contributed by atoms with Gasteiger partial charge in [0.05, 0.1) is 57.6 Å². The summed E-state index contributed by atoms with van der Waals surface area (Å²) in [6.45, 7) is 21.1. The van der Waals surface area contributed by atoms with Gasteiger partial charge in [0.15, 0.2) is 0 Å². The number of carbonyl (C=O) groups is 2. The zero-order chi connectivity index (χ0) is 52.0. The molecule has 14 heteroatoms. The van der Waals surface area contributed by atoms with Crippen LogP contribution in [-0.2, 0) is 9.47 Å². The molecule has 392 valence electrons. The number of fused-ring (bicyclic) bond motifs is 2. The van der Waals surface area contributed by atoms with Gasteiger partial charge < -0.3 is 28.8 Å². The van der Waals surface area contributed by atoms with Crippen LogP contribution in [0.2, 0.25) is 0 Å². The molecule has 2 amide bonds. The van der Waals surface area contributed by atoms with E-state index in [-0.39, 0.29) is 29.9 Å². The lowest BCUT2D eigenvalue weighted by atomic mass is 9.91. The minimum atomic E-state index is -0.476. The van der Waals surface area contributed by atoms with Crippen LogP contribution in [0.15, 0.2) is 85.2 Å². The summed E-state index contributed by atoms with van der Waals surface area (Å²) in [5.41, 5.74) is 8.45. The van der Waals surface area contributed by atoms with Crippen molar-refractivity contribution in [3.63, 3.8) is 0 Å². The van der Waals surface area contributed by atoms with Gasteiger partial charge in [0.2, 0.25) is 0 Å². The summed E-state index contributed by atoms with van der Waals surface area (Å²) in [7, 11) is 4.44. The highest BCUT2D eigenvalue weighted by molar-refractivity contribution is 5.77. The second-order valence-corrected chi connectivity index (χ2v) is 23.0. The second kappa shape index (κ2) is 23.1. The van der Waals surface area contributed by atoms with Gasteiger partial charge in [-0.05, 0) is 187 Å². The Balaban J connectivity index is 0.000000163. The number of benzene rings is 2. The van der Waals surface area contributed by atoms with E-state index in [0.29, 0.717) is 31.2 Å². The summed E-state index contributed by atoms with van der Waals surface area (Å²) in [6.07, 6.45) is 14.3. The zero-order valence-electron chi connectivity index (χ0n) is 45.6. The third-order valence-corrected chi connectivity index (χ3v) is 15.2. The van der Waals surface area contributed by atoms with Gasteiger partial charge in [-0.1, -0.05) is 43.3 Å². The Morgan fingerprint density at radius 3 is 1.59 bits per heavy atom. The molecule has 4 fully saturated rings. The molecule has 73 heavy (non-hydrogen) atoms. The Morgan fingerprint density at radius 2 is 1.05 bits per heavy atom. The summed E-state index contributed by atoms with van der Waals surface area (Å²) in [4.78, 5) is 55.8. The number of H-pyrrole nitrogens is 1. The molecule has 0 spiro atoms. The molecule has 10 rings (SSSR count). The lowest BCUT2D eigenvalue weighted by Gasteiger charge is -2.41. The molecule has 0 aliphatic carbocycles. The SMILES string of the molecule is CC1CCN(C(=O)OC(C)(C)C)CC1.Cc1cccnc1[C@@H]1CCC[C@H](c2nc3ccccc3[nH]2)N1C.Cc1cccnc1[C@@H]1CCC[C@H](c2nc3ccccc3n2C2CCN(C(=O)OC(C)(C)C)CC2)N1C. The fraction of sp³-hybridized carbons (Fsp3) is 0.559. The number of aryl methyl sites for hydroxylation is 2. The molecule has 0 radical (unpaired) electrons. The van der Waals surface area contributed by atoms with E-state index in [1.165, 1.54) is 34.5 Å². The smallest absolute Gasteiger partial charge is 0.410 e. The summed E-state index contributed by atoms with van der Waals surface area (Å²) in [5, 5.41) is 0. The highest BCUT2D eigenvalue weighted by atomic mass is 16.6. The quantitative estimate of drug-likeness (QED) is 0.178. The average Bonchev–Trinajstić information content (AvgIpc) is 3.97. The van der Waals surface area contributed by atoms with Crippen molar-refractivity contribution in [2.24, 2.45) is 5.92 Å². The van der Waals surface area contributed by atoms with Crippen LogP contribution in [0.4, 0.5) is 9.59 Å². The van der Waals surface area contributed by atoms with Crippen molar-refractivity contribution in [3.8, 4) is 0 Å². The van der Waals surface area contributed by atoms with Gasteiger partial charge in [0, 0.05) is 44.6 Å². The number of aromatic nitrogens is 6. The van der Waals surface area contributed by atoms with Crippen LogP contribution in [0, 0.1) is 19.8 Å². The van der Waals surface area contributed by atoms with Crippen LogP contribution < -0.4 is 0 Å². The van der Waals surface area contributed by atoms with E-state index in [1.807, 2.05) is 81.9 Å². The number of aromatic amines is 1. The van der Waals surface area contributed by atoms with Crippen molar-refractivity contribution < 1.29 is 19.1 Å². The molecule has 8 heterocycles. The molecule has 2 aromatic carbocycles. The van der Waals surface area contributed by atoms with Gasteiger partial charge in [-0.15, -0.1) is 0 Å². The molecule has 14 nitrogen and oxygen atoms in total. The van der Waals surface area contributed by atoms with Crippen LogP contribution in [-0.4, -0.2) is 113 Å². The Hall–Kier alpha value is -5.86. The van der Waals surface area contributed by atoms with Gasteiger partial charge >= 0.3 is 12.2 Å². The van der Waals surface area contributed by atoms with Crippen LogP contribution >= 0.6 is 0 Å². The number of rotatable bonds is 5. The van der Waals surface area contributed by atoms with Crippen LogP contribution in [0.3, 0.4) is 0 Å². The van der Waals surface area contributed by atoms with E-state index in [2.05, 4.69) is 114 Å². The highest BCUT2D eigenvalue weighted by Crippen LogP contribution is 2.43. The molecule has 4 aliphatic heterocycles. The summed E-state index contributed by atoms with van der Waals surface area (Å²) < 4.78 is 13.4. The first-order valence-electron chi connectivity index (χ1n) is 27.0. The molecule has 4 aromatic heterocycles. The first kappa shape index (κ1) is 53.4. The van der Waals surface area contributed by atoms with Crippen LogP contribution in [0.5, 0.6) is 0 Å². The summed E-state index contributed by atoms with van der Waals surface area (Å²) in [5.74, 6) is 2.97. The predicted octanol–water partition coefficient (Wildman–Crippen LogP) is 13.0. The highest BCUT2D eigenvalue weighted by Gasteiger charge is 2.37. The molecule has 4 saturated heterocycles. The van der Waals surface area contributed by atoms with Crippen LogP contribution in [0.25, 0.3) is 22.1 Å². The number of imidazole rings is 2. The van der Waals surface area contributed by atoms with E-state index in [1.54, 1.807) is 0 Å². The van der Waals surface area contributed by atoms with Gasteiger partial charge in [-0.3, -0.25) is 19.8 Å². The normalized spacial score (nSPS) is 21.8. The third kappa shape index (κ3) is 13.1. The van der Waals surface area contributed by atoms with Crippen molar-refractivity contribution in [2.75, 3.05) is 40.3 Å². The number of amides is 2. The fourth-order valence-electron chi connectivity index (χ4n) is 11.2. The first-order valence-corrected chi connectivity index (χ1v) is 27.0. The number of likely N-dealkylation sites (tertiary alicyclic amines) is 4. The molecule has 0 unspecified atom stereocenters. The topological polar surface area (TPSA) is 138 Å². The van der Waals surface area contributed by atoms with E-state index in [9.17, 15) is 9.59 Å². The predicted molar refractivity (Wildman–Crippen MR) is 290 cm³/mol. The maximum atomic E-state index is 12.6. The Bertz CT molecular complexity index is 2740. The maximum Gasteiger partial charge on any atom is 0.410 e. The number of hydrogen-bond donors (Lipinski definition) is 1. The van der Waals surface area contributed by atoms with Crippen molar-refractivity contribution in [3.05, 3.63) is 119 Å². The third-order valence-electron chi connectivity index (χ3n) is 15.2. The molecule has 1 N–H and O–H groups in total. The molecular weight excluding hydrogens is 913 g/mol. The largest absolute Gasteiger partial charge is 0.444 e. The fourth-order valence-corrected chi connectivity index (χ4v) is 11.2. The van der Waals surface area contributed by atoms with E-state index < -0.39 is 5.60 Å². The van der Waals surface area contributed by atoms with Gasteiger partial charge in [-0.2, -0.15) is 0 Å². The van der Waals surface area contributed by atoms with Gasteiger partial charge in [0.1, 0.15) is 22.9 Å². The van der Waals surface area contributed by atoms with E-state index >= 15 is 0 Å². The molecule has 4 atom stereocenters. The molecule has 4 aliphatic rings. The van der Waals surface area contributed by atoms with Crippen molar-refractivity contribution in [1.82, 2.24) is 49.1 Å². The number of para-hydroxylation sites is 4. The zero-order valence-corrected chi connectivity index (χ0v) is 45.6. The van der Waals surface area contributed by atoms with Crippen molar-refractivity contribution in [1.29, 1.82) is 0 Å². The number of carbonyl (C=O) groups excluding carboxylic acids is 2. The Kier molecular flexibility index (Phi) is 16.9. The lowest BCUT2D eigenvalue weighted by Crippen LogP contribution is -2.42. The van der Waals surface area contributed by atoms with E-state index in [0.717, 1.165) is 105 Å². The Morgan fingerprint density at radius 1 is 0.575 bits per heavy atom.